The van der Waals surface area contributed by atoms with Crippen molar-refractivity contribution in [3.8, 4) is 0 Å². The van der Waals surface area contributed by atoms with E-state index in [1.54, 1.807) is 6.20 Å². The molecule has 2 aromatic rings. The molecular formula is C11H13N3O. The maximum absolute atomic E-state index is 11.2. The summed E-state index contributed by atoms with van der Waals surface area (Å²) >= 11 is 0. The van der Waals surface area contributed by atoms with Crippen LogP contribution >= 0.6 is 0 Å². The number of carbonyl (C=O) groups excluding carboxylic acids is 1. The number of nitrogens with two attached hydrogens (primary N) is 2. The molecule has 1 heterocycles. The third-order valence-corrected chi connectivity index (χ3v) is 2.42. The number of nitrogens with zero attached hydrogens (tertiary/aromatic N) is 1. The van der Waals surface area contributed by atoms with Crippen LogP contribution in [0.25, 0.3) is 10.9 Å². The van der Waals surface area contributed by atoms with E-state index >= 15 is 0 Å². The first-order valence-electron chi connectivity index (χ1n) is 4.82. The first-order valence-corrected chi connectivity index (χ1v) is 4.82. The van der Waals surface area contributed by atoms with Crippen molar-refractivity contribution < 1.29 is 4.79 Å². The van der Waals surface area contributed by atoms with Crippen molar-refractivity contribution in [3.63, 3.8) is 0 Å². The van der Waals surface area contributed by atoms with E-state index in [0.717, 1.165) is 10.9 Å². The van der Waals surface area contributed by atoms with Crippen molar-refractivity contribution >= 4 is 16.8 Å². The molecule has 15 heavy (non-hydrogen) atoms. The number of amides is 1. The predicted octanol–water partition coefficient (Wildman–Crippen LogP) is 0.699. The van der Waals surface area contributed by atoms with Gasteiger partial charge in [0.1, 0.15) is 0 Å². The van der Waals surface area contributed by atoms with Gasteiger partial charge in [0.15, 0.2) is 0 Å². The molecule has 0 fully saturated rings. The number of fused-ring (bicyclic) bond motifs is 1. The number of benzene rings is 1. The van der Waals surface area contributed by atoms with Crippen LogP contribution in [0.5, 0.6) is 0 Å². The third kappa shape index (κ3) is 1.59. The molecule has 1 aromatic heterocycles. The van der Waals surface area contributed by atoms with Gasteiger partial charge in [-0.1, -0.05) is 18.2 Å². The molecule has 0 saturated carbocycles. The summed E-state index contributed by atoms with van der Waals surface area (Å²) in [6, 6.07) is 7.67. The van der Waals surface area contributed by atoms with Crippen LogP contribution in [-0.4, -0.2) is 17.0 Å². The topological polar surface area (TPSA) is 74.0 Å². The van der Waals surface area contributed by atoms with Crippen LogP contribution in [0.1, 0.15) is 10.4 Å². The van der Waals surface area contributed by atoms with E-state index in [9.17, 15) is 4.79 Å². The molecular weight excluding hydrogens is 190 g/mol. The Kier molecular flexibility index (Phi) is 2.43. The summed E-state index contributed by atoms with van der Waals surface area (Å²) in [5.74, 6) is -0.401. The van der Waals surface area contributed by atoms with Crippen molar-refractivity contribution in [3.05, 3.63) is 36.0 Å². The Morgan fingerprint density at radius 3 is 2.73 bits per heavy atom. The van der Waals surface area contributed by atoms with E-state index < -0.39 is 5.91 Å². The number of hydrogen-bond donors (Lipinski definition) is 2. The molecule has 0 unspecified atom stereocenters. The highest BCUT2D eigenvalue weighted by molar-refractivity contribution is 6.06. The minimum absolute atomic E-state index is 0.401. The second-order valence-electron chi connectivity index (χ2n) is 3.41. The van der Waals surface area contributed by atoms with Crippen LogP contribution in [0, 0.1) is 0 Å². The summed E-state index contributed by atoms with van der Waals surface area (Å²) in [5.41, 5.74) is 12.4. The molecule has 0 aliphatic rings. The maximum atomic E-state index is 11.2. The highest BCUT2D eigenvalue weighted by atomic mass is 16.1. The van der Waals surface area contributed by atoms with Crippen molar-refractivity contribution in [1.82, 2.24) is 4.57 Å². The van der Waals surface area contributed by atoms with Gasteiger partial charge in [-0.25, -0.2) is 0 Å². The van der Waals surface area contributed by atoms with Crippen molar-refractivity contribution in [1.29, 1.82) is 0 Å². The monoisotopic (exact) mass is 203 g/mol. The Bertz CT molecular complexity index is 502. The maximum Gasteiger partial charge on any atom is 0.250 e. The Balaban J connectivity index is 2.67. The lowest BCUT2D eigenvalue weighted by Crippen LogP contribution is -2.11. The number of carbonyl (C=O) groups is 1. The van der Waals surface area contributed by atoms with E-state index in [4.69, 9.17) is 11.5 Å². The van der Waals surface area contributed by atoms with E-state index in [1.165, 1.54) is 0 Å². The Labute approximate surface area is 87.5 Å². The van der Waals surface area contributed by atoms with Gasteiger partial charge >= 0.3 is 0 Å². The van der Waals surface area contributed by atoms with Gasteiger partial charge in [0.2, 0.25) is 0 Å². The lowest BCUT2D eigenvalue weighted by atomic mass is 10.2. The zero-order valence-electron chi connectivity index (χ0n) is 8.31. The van der Waals surface area contributed by atoms with E-state index in [1.807, 2.05) is 28.8 Å². The molecule has 0 aliphatic carbocycles. The number of para-hydroxylation sites is 1. The van der Waals surface area contributed by atoms with E-state index in [0.29, 0.717) is 18.7 Å². The highest BCUT2D eigenvalue weighted by Gasteiger charge is 2.10. The molecule has 1 amide bonds. The van der Waals surface area contributed by atoms with Crippen LogP contribution < -0.4 is 11.5 Å². The van der Waals surface area contributed by atoms with Gasteiger partial charge in [0, 0.05) is 30.2 Å². The van der Waals surface area contributed by atoms with Crippen LogP contribution in [-0.2, 0) is 6.54 Å². The molecule has 0 saturated heterocycles. The van der Waals surface area contributed by atoms with Crippen LogP contribution in [0.2, 0.25) is 0 Å². The highest BCUT2D eigenvalue weighted by Crippen LogP contribution is 2.20. The normalized spacial score (nSPS) is 10.7. The van der Waals surface area contributed by atoms with Gasteiger partial charge in [0.25, 0.3) is 5.91 Å². The zero-order valence-corrected chi connectivity index (χ0v) is 8.31. The largest absolute Gasteiger partial charge is 0.366 e. The fourth-order valence-corrected chi connectivity index (χ4v) is 1.77. The Morgan fingerprint density at radius 2 is 2.07 bits per heavy atom. The third-order valence-electron chi connectivity index (χ3n) is 2.42. The van der Waals surface area contributed by atoms with Crippen molar-refractivity contribution in [2.24, 2.45) is 11.5 Å². The second kappa shape index (κ2) is 3.74. The van der Waals surface area contributed by atoms with Crippen molar-refractivity contribution in [2.75, 3.05) is 6.54 Å². The SMILES string of the molecule is NCCn1cc(C(N)=O)c2ccccc21. The first kappa shape index (κ1) is 9.73. The van der Waals surface area contributed by atoms with Gasteiger partial charge in [-0.2, -0.15) is 0 Å². The van der Waals surface area contributed by atoms with Gasteiger partial charge in [-0.15, -0.1) is 0 Å². The molecule has 4 N–H and O–H groups in total. The Hall–Kier alpha value is -1.81. The number of primary amides is 1. The zero-order chi connectivity index (χ0) is 10.8. The van der Waals surface area contributed by atoms with Crippen molar-refractivity contribution in [2.45, 2.75) is 6.54 Å². The molecule has 0 radical (unpaired) electrons. The first-order chi connectivity index (χ1) is 7.24. The minimum Gasteiger partial charge on any atom is -0.366 e. The number of hydrogen-bond acceptors (Lipinski definition) is 2. The molecule has 0 aliphatic heterocycles. The van der Waals surface area contributed by atoms with Gasteiger partial charge < -0.3 is 16.0 Å². The molecule has 0 bridgehead atoms. The predicted molar refractivity (Wildman–Crippen MR) is 59.5 cm³/mol. The average molecular weight is 203 g/mol. The minimum atomic E-state index is -0.401. The quantitative estimate of drug-likeness (QED) is 0.770. The lowest BCUT2D eigenvalue weighted by Gasteiger charge is -2.00. The molecule has 0 spiro atoms. The van der Waals surface area contributed by atoms with E-state index in [-0.39, 0.29) is 0 Å². The van der Waals surface area contributed by atoms with Crippen LogP contribution in [0.4, 0.5) is 0 Å². The number of aromatic nitrogens is 1. The second-order valence-corrected chi connectivity index (χ2v) is 3.41. The molecule has 4 nitrogen and oxygen atoms in total. The fourth-order valence-electron chi connectivity index (χ4n) is 1.77. The summed E-state index contributed by atoms with van der Waals surface area (Å²) in [5, 5.41) is 0.887. The van der Waals surface area contributed by atoms with Crippen LogP contribution in [0.15, 0.2) is 30.5 Å². The van der Waals surface area contributed by atoms with E-state index in [2.05, 4.69) is 0 Å². The average Bonchev–Trinajstić information content (AvgIpc) is 2.59. The standard InChI is InChI=1S/C11H13N3O/c12-5-6-14-7-9(11(13)15)8-3-1-2-4-10(8)14/h1-4,7H,5-6,12H2,(H2,13,15). The summed E-state index contributed by atoms with van der Waals surface area (Å²) < 4.78 is 1.95. The summed E-state index contributed by atoms with van der Waals surface area (Å²) in [4.78, 5) is 11.2. The summed E-state index contributed by atoms with van der Waals surface area (Å²) in [6.07, 6.45) is 1.76. The Morgan fingerprint density at radius 1 is 1.33 bits per heavy atom. The van der Waals surface area contributed by atoms with Crippen LogP contribution in [0.3, 0.4) is 0 Å². The lowest BCUT2D eigenvalue weighted by molar-refractivity contribution is 0.100. The summed E-state index contributed by atoms with van der Waals surface area (Å²) in [7, 11) is 0. The van der Waals surface area contributed by atoms with Gasteiger partial charge in [-0.3, -0.25) is 4.79 Å². The summed E-state index contributed by atoms with van der Waals surface area (Å²) in [6.45, 7) is 1.23. The molecule has 2 rings (SSSR count). The van der Waals surface area contributed by atoms with Gasteiger partial charge in [0.05, 0.1) is 5.56 Å². The number of rotatable bonds is 3. The van der Waals surface area contributed by atoms with Gasteiger partial charge in [-0.05, 0) is 6.07 Å². The molecule has 78 valence electrons. The fraction of sp³-hybridized carbons (Fsp3) is 0.182. The molecule has 4 heteroatoms. The molecule has 0 atom stereocenters. The molecule has 1 aromatic carbocycles. The smallest absolute Gasteiger partial charge is 0.250 e.